The number of rotatable bonds is 4. The Labute approximate surface area is 111 Å². The van der Waals surface area contributed by atoms with Gasteiger partial charge in [0.25, 0.3) is 5.91 Å². The van der Waals surface area contributed by atoms with Crippen molar-refractivity contribution in [3.8, 4) is 5.88 Å². The lowest BCUT2D eigenvalue weighted by Gasteiger charge is -2.30. The number of nitrogens with zero attached hydrogens (tertiary/aromatic N) is 2. The zero-order chi connectivity index (χ0) is 14.0. The van der Waals surface area contributed by atoms with E-state index in [9.17, 15) is 9.59 Å². The van der Waals surface area contributed by atoms with E-state index in [0.717, 1.165) is 5.56 Å². The average Bonchev–Trinajstić information content (AvgIpc) is 2.63. The lowest BCUT2D eigenvalue weighted by molar-refractivity contribution is -0.126. The zero-order valence-electron chi connectivity index (χ0n) is 11.3. The topological polar surface area (TPSA) is 71.5 Å². The molecular formula is C13H17N3O3. The quantitative estimate of drug-likeness (QED) is 0.831. The first-order chi connectivity index (χ1) is 9.02. The molecule has 1 fully saturated rings. The SMILES string of the molecule is CCC1(C)C(=O)NC(=O)N1Cc1cccnc1OC. The van der Waals surface area contributed by atoms with Crippen molar-refractivity contribution in [2.45, 2.75) is 32.4 Å². The Morgan fingerprint density at radius 3 is 2.84 bits per heavy atom. The molecule has 0 bridgehead atoms. The van der Waals surface area contributed by atoms with Crippen molar-refractivity contribution >= 4 is 11.9 Å². The van der Waals surface area contributed by atoms with E-state index in [0.29, 0.717) is 18.8 Å². The summed E-state index contributed by atoms with van der Waals surface area (Å²) in [4.78, 5) is 29.4. The number of hydrogen-bond donors (Lipinski definition) is 1. The molecule has 1 saturated heterocycles. The Morgan fingerprint density at radius 2 is 2.21 bits per heavy atom. The maximum Gasteiger partial charge on any atom is 0.325 e. The maximum atomic E-state index is 11.9. The van der Waals surface area contributed by atoms with Crippen LogP contribution in [0.3, 0.4) is 0 Å². The van der Waals surface area contributed by atoms with Gasteiger partial charge in [-0.3, -0.25) is 10.1 Å². The fourth-order valence-corrected chi connectivity index (χ4v) is 2.14. The largest absolute Gasteiger partial charge is 0.481 e. The fourth-order valence-electron chi connectivity index (χ4n) is 2.14. The van der Waals surface area contributed by atoms with Gasteiger partial charge in [-0.05, 0) is 19.4 Å². The highest BCUT2D eigenvalue weighted by Gasteiger charge is 2.47. The number of carbonyl (C=O) groups is 2. The minimum absolute atomic E-state index is 0.261. The molecule has 0 aromatic carbocycles. The van der Waals surface area contributed by atoms with Gasteiger partial charge in [0.15, 0.2) is 0 Å². The number of ether oxygens (including phenoxy) is 1. The highest BCUT2D eigenvalue weighted by Crippen LogP contribution is 2.28. The Morgan fingerprint density at radius 1 is 1.47 bits per heavy atom. The highest BCUT2D eigenvalue weighted by molar-refractivity contribution is 6.06. The third kappa shape index (κ3) is 2.14. The van der Waals surface area contributed by atoms with Crippen LogP contribution < -0.4 is 10.1 Å². The van der Waals surface area contributed by atoms with Gasteiger partial charge in [0.05, 0.1) is 13.7 Å². The van der Waals surface area contributed by atoms with Crippen molar-refractivity contribution in [3.63, 3.8) is 0 Å². The first-order valence-corrected chi connectivity index (χ1v) is 6.14. The van der Waals surface area contributed by atoms with Crippen LogP contribution >= 0.6 is 0 Å². The molecule has 2 rings (SSSR count). The molecule has 1 aromatic heterocycles. The van der Waals surface area contributed by atoms with Crippen LogP contribution in [-0.4, -0.2) is 34.5 Å². The third-order valence-corrected chi connectivity index (χ3v) is 3.61. The van der Waals surface area contributed by atoms with E-state index in [-0.39, 0.29) is 11.9 Å². The van der Waals surface area contributed by atoms with Gasteiger partial charge in [0.1, 0.15) is 5.54 Å². The van der Waals surface area contributed by atoms with Gasteiger partial charge >= 0.3 is 6.03 Å². The molecule has 19 heavy (non-hydrogen) atoms. The molecule has 2 heterocycles. The molecular weight excluding hydrogens is 246 g/mol. The van der Waals surface area contributed by atoms with Crippen molar-refractivity contribution in [3.05, 3.63) is 23.9 Å². The summed E-state index contributed by atoms with van der Waals surface area (Å²) in [6.45, 7) is 3.93. The summed E-state index contributed by atoms with van der Waals surface area (Å²) in [5.41, 5.74) is -0.0488. The first-order valence-electron chi connectivity index (χ1n) is 6.14. The zero-order valence-corrected chi connectivity index (χ0v) is 11.3. The van der Waals surface area contributed by atoms with Crippen LogP contribution in [0, 0.1) is 0 Å². The van der Waals surface area contributed by atoms with Crippen LogP contribution in [0.5, 0.6) is 5.88 Å². The molecule has 1 aliphatic heterocycles. The molecule has 0 spiro atoms. The number of hydrogen-bond acceptors (Lipinski definition) is 4. The maximum absolute atomic E-state index is 11.9. The van der Waals surface area contributed by atoms with Crippen LogP contribution in [0.4, 0.5) is 4.79 Å². The van der Waals surface area contributed by atoms with Gasteiger partial charge < -0.3 is 9.64 Å². The number of pyridine rings is 1. The van der Waals surface area contributed by atoms with E-state index in [1.54, 1.807) is 19.2 Å². The van der Waals surface area contributed by atoms with E-state index in [1.807, 2.05) is 13.0 Å². The molecule has 1 atom stereocenters. The van der Waals surface area contributed by atoms with E-state index < -0.39 is 5.54 Å². The Balaban J connectivity index is 2.31. The molecule has 102 valence electrons. The van der Waals surface area contributed by atoms with Crippen LogP contribution in [0.15, 0.2) is 18.3 Å². The molecule has 3 amide bonds. The number of imide groups is 1. The lowest BCUT2D eigenvalue weighted by atomic mass is 9.97. The van der Waals surface area contributed by atoms with E-state index >= 15 is 0 Å². The van der Waals surface area contributed by atoms with Crippen molar-refractivity contribution in [2.24, 2.45) is 0 Å². The lowest BCUT2D eigenvalue weighted by Crippen LogP contribution is -2.46. The van der Waals surface area contributed by atoms with Gasteiger partial charge in [-0.25, -0.2) is 9.78 Å². The molecule has 1 N–H and O–H groups in total. The normalized spacial score (nSPS) is 22.6. The van der Waals surface area contributed by atoms with E-state index in [1.165, 1.54) is 12.0 Å². The summed E-state index contributed by atoms with van der Waals surface area (Å²) in [5.74, 6) is 0.205. The molecule has 1 unspecified atom stereocenters. The van der Waals surface area contributed by atoms with Crippen molar-refractivity contribution in [1.29, 1.82) is 0 Å². The molecule has 0 radical (unpaired) electrons. The minimum Gasteiger partial charge on any atom is -0.481 e. The number of methoxy groups -OCH3 is 1. The van der Waals surface area contributed by atoms with Gasteiger partial charge in [-0.1, -0.05) is 13.0 Å². The summed E-state index contributed by atoms with van der Waals surface area (Å²) in [6, 6.07) is 3.23. The predicted molar refractivity (Wildman–Crippen MR) is 68.6 cm³/mol. The molecule has 6 nitrogen and oxygen atoms in total. The van der Waals surface area contributed by atoms with Crippen molar-refractivity contribution in [1.82, 2.24) is 15.2 Å². The molecule has 1 aliphatic rings. The second-order valence-electron chi connectivity index (χ2n) is 4.64. The van der Waals surface area contributed by atoms with E-state index in [4.69, 9.17) is 4.74 Å². The van der Waals surface area contributed by atoms with Crippen molar-refractivity contribution in [2.75, 3.05) is 7.11 Å². The predicted octanol–water partition coefficient (Wildman–Crippen LogP) is 1.31. The third-order valence-electron chi connectivity index (χ3n) is 3.61. The summed E-state index contributed by atoms with van der Waals surface area (Å²) in [6.07, 6.45) is 2.17. The van der Waals surface area contributed by atoms with Crippen molar-refractivity contribution < 1.29 is 14.3 Å². The second kappa shape index (κ2) is 4.87. The number of aromatic nitrogens is 1. The Bertz CT molecular complexity index is 518. The summed E-state index contributed by atoms with van der Waals surface area (Å²) < 4.78 is 5.17. The number of carbonyl (C=O) groups excluding carboxylic acids is 2. The fraction of sp³-hybridized carbons (Fsp3) is 0.462. The van der Waals surface area contributed by atoms with Crippen LogP contribution in [-0.2, 0) is 11.3 Å². The summed E-state index contributed by atoms with van der Waals surface area (Å²) >= 11 is 0. The van der Waals surface area contributed by atoms with Gasteiger partial charge in [-0.2, -0.15) is 0 Å². The van der Waals surface area contributed by atoms with Crippen LogP contribution in [0.25, 0.3) is 0 Å². The number of nitrogens with one attached hydrogen (secondary N) is 1. The van der Waals surface area contributed by atoms with Crippen LogP contribution in [0.2, 0.25) is 0 Å². The molecule has 6 heteroatoms. The first kappa shape index (κ1) is 13.3. The van der Waals surface area contributed by atoms with Gasteiger partial charge in [0, 0.05) is 11.8 Å². The monoisotopic (exact) mass is 263 g/mol. The van der Waals surface area contributed by atoms with Gasteiger partial charge in [-0.15, -0.1) is 0 Å². The standard InChI is InChI=1S/C13H17N3O3/c1-4-13(2)11(17)15-12(18)16(13)8-9-6-5-7-14-10(9)19-3/h5-7H,4,8H2,1-3H3,(H,15,17,18). The summed E-state index contributed by atoms with van der Waals surface area (Å²) in [5, 5.41) is 2.35. The smallest absolute Gasteiger partial charge is 0.325 e. The Hall–Kier alpha value is -2.11. The van der Waals surface area contributed by atoms with Gasteiger partial charge in [0.2, 0.25) is 5.88 Å². The van der Waals surface area contributed by atoms with E-state index in [2.05, 4.69) is 10.3 Å². The average molecular weight is 263 g/mol. The molecule has 1 aromatic rings. The highest BCUT2D eigenvalue weighted by atomic mass is 16.5. The molecule has 0 aliphatic carbocycles. The second-order valence-corrected chi connectivity index (χ2v) is 4.64. The number of amides is 3. The van der Waals surface area contributed by atoms with Crippen LogP contribution in [0.1, 0.15) is 25.8 Å². The minimum atomic E-state index is -0.821. The Kier molecular flexibility index (Phi) is 3.42. The molecule has 0 saturated carbocycles. The summed E-state index contributed by atoms with van der Waals surface area (Å²) in [7, 11) is 1.53. The number of urea groups is 1.